The molecule has 2 aromatic rings. The number of hydrogen-bond donors (Lipinski definition) is 1. The second-order valence-corrected chi connectivity index (χ2v) is 4.52. The Labute approximate surface area is 121 Å². The second kappa shape index (κ2) is 6.77. The van der Waals surface area contributed by atoms with Gasteiger partial charge in [0.1, 0.15) is 5.75 Å². The summed E-state index contributed by atoms with van der Waals surface area (Å²) in [6.07, 6.45) is 3.47. The third kappa shape index (κ3) is 4.13. The van der Waals surface area contributed by atoms with Gasteiger partial charge in [-0.1, -0.05) is 11.6 Å². The quantitative estimate of drug-likeness (QED) is 0.678. The zero-order valence-electron chi connectivity index (χ0n) is 10.9. The van der Waals surface area contributed by atoms with Gasteiger partial charge >= 0.3 is 0 Å². The van der Waals surface area contributed by atoms with Gasteiger partial charge in [-0.2, -0.15) is 5.10 Å². The molecular formula is C14H14ClN3O2. The number of aromatic nitrogens is 1. The van der Waals surface area contributed by atoms with Gasteiger partial charge in [0.2, 0.25) is 0 Å². The summed E-state index contributed by atoms with van der Waals surface area (Å²) < 4.78 is 7.17. The van der Waals surface area contributed by atoms with Gasteiger partial charge in [-0.05, 0) is 36.4 Å². The fourth-order valence-corrected chi connectivity index (χ4v) is 1.62. The lowest BCUT2D eigenvalue weighted by molar-refractivity contribution is -0.123. The van der Waals surface area contributed by atoms with Crippen molar-refractivity contribution in [3.05, 3.63) is 53.3 Å². The molecule has 1 aromatic carbocycles. The second-order valence-electron chi connectivity index (χ2n) is 4.08. The van der Waals surface area contributed by atoms with E-state index in [-0.39, 0.29) is 12.5 Å². The average Bonchev–Trinajstić information content (AvgIpc) is 2.84. The maximum absolute atomic E-state index is 11.5. The van der Waals surface area contributed by atoms with Crippen LogP contribution >= 0.6 is 11.6 Å². The predicted molar refractivity (Wildman–Crippen MR) is 78.1 cm³/mol. The SMILES string of the molecule is Cn1cccc1/C=N\NC(=O)COc1ccc(Cl)cc1. The first-order valence-electron chi connectivity index (χ1n) is 5.97. The lowest BCUT2D eigenvalue weighted by Crippen LogP contribution is -2.24. The molecule has 1 aromatic heterocycles. The fourth-order valence-electron chi connectivity index (χ4n) is 1.49. The number of carbonyl (C=O) groups is 1. The molecule has 0 aliphatic carbocycles. The van der Waals surface area contributed by atoms with E-state index in [1.54, 1.807) is 30.5 Å². The highest BCUT2D eigenvalue weighted by atomic mass is 35.5. The van der Waals surface area contributed by atoms with E-state index >= 15 is 0 Å². The first kappa shape index (κ1) is 14.1. The normalized spacial score (nSPS) is 10.7. The number of halogens is 1. The molecule has 1 N–H and O–H groups in total. The van der Waals surface area contributed by atoms with Gasteiger partial charge in [-0.15, -0.1) is 0 Å². The molecule has 2 rings (SSSR count). The topological polar surface area (TPSA) is 55.6 Å². The summed E-state index contributed by atoms with van der Waals surface area (Å²) in [6.45, 7) is -0.105. The number of carbonyl (C=O) groups excluding carboxylic acids is 1. The summed E-state index contributed by atoms with van der Waals surface area (Å²) in [7, 11) is 1.90. The van der Waals surface area contributed by atoms with Crippen LogP contribution in [-0.2, 0) is 11.8 Å². The van der Waals surface area contributed by atoms with Gasteiger partial charge in [0.25, 0.3) is 5.91 Å². The van der Waals surface area contributed by atoms with Crippen molar-refractivity contribution in [2.45, 2.75) is 0 Å². The Morgan fingerprint density at radius 2 is 2.15 bits per heavy atom. The molecule has 0 aliphatic heterocycles. The van der Waals surface area contributed by atoms with E-state index in [2.05, 4.69) is 10.5 Å². The van der Waals surface area contributed by atoms with Gasteiger partial charge in [-0.25, -0.2) is 5.43 Å². The van der Waals surface area contributed by atoms with E-state index < -0.39 is 0 Å². The van der Waals surface area contributed by atoms with Crippen LogP contribution in [0.5, 0.6) is 5.75 Å². The molecule has 0 atom stereocenters. The minimum absolute atomic E-state index is 0.105. The molecule has 0 aliphatic rings. The molecule has 0 saturated heterocycles. The first-order valence-corrected chi connectivity index (χ1v) is 6.34. The molecule has 0 fully saturated rings. The summed E-state index contributed by atoms with van der Waals surface area (Å²) in [5.74, 6) is 0.251. The fraction of sp³-hybridized carbons (Fsp3) is 0.143. The summed E-state index contributed by atoms with van der Waals surface area (Å²) in [4.78, 5) is 11.5. The molecule has 0 bridgehead atoms. The Balaban J connectivity index is 1.77. The molecule has 0 unspecified atom stereocenters. The van der Waals surface area contributed by atoms with Crippen molar-refractivity contribution in [3.63, 3.8) is 0 Å². The van der Waals surface area contributed by atoms with Crippen molar-refractivity contribution in [2.75, 3.05) is 6.61 Å². The summed E-state index contributed by atoms with van der Waals surface area (Å²) in [5.41, 5.74) is 3.29. The van der Waals surface area contributed by atoms with Crippen molar-refractivity contribution in [1.82, 2.24) is 9.99 Å². The van der Waals surface area contributed by atoms with E-state index in [4.69, 9.17) is 16.3 Å². The standard InChI is InChI=1S/C14H14ClN3O2/c1-18-8-2-3-12(18)9-16-17-14(19)10-20-13-6-4-11(15)5-7-13/h2-9H,10H2,1H3,(H,17,19)/b16-9-. The van der Waals surface area contributed by atoms with E-state index in [9.17, 15) is 4.79 Å². The van der Waals surface area contributed by atoms with Gasteiger partial charge < -0.3 is 9.30 Å². The molecule has 0 spiro atoms. The largest absolute Gasteiger partial charge is 0.484 e. The Morgan fingerprint density at radius 1 is 1.40 bits per heavy atom. The van der Waals surface area contributed by atoms with Crippen molar-refractivity contribution in [3.8, 4) is 5.75 Å². The van der Waals surface area contributed by atoms with Crippen molar-refractivity contribution in [1.29, 1.82) is 0 Å². The molecule has 1 amide bonds. The van der Waals surface area contributed by atoms with E-state index in [1.165, 1.54) is 0 Å². The minimum Gasteiger partial charge on any atom is -0.484 e. The molecule has 104 valence electrons. The number of nitrogens with one attached hydrogen (secondary N) is 1. The highest BCUT2D eigenvalue weighted by Crippen LogP contribution is 2.15. The highest BCUT2D eigenvalue weighted by Gasteiger charge is 2.01. The average molecular weight is 292 g/mol. The molecule has 5 nitrogen and oxygen atoms in total. The van der Waals surface area contributed by atoms with Crippen LogP contribution in [-0.4, -0.2) is 23.3 Å². The zero-order chi connectivity index (χ0) is 14.4. The Morgan fingerprint density at radius 3 is 2.80 bits per heavy atom. The third-order valence-corrected chi connectivity index (χ3v) is 2.81. The lowest BCUT2D eigenvalue weighted by atomic mass is 10.3. The monoisotopic (exact) mass is 291 g/mol. The Hall–Kier alpha value is -2.27. The van der Waals surface area contributed by atoms with Gasteiger partial charge in [-0.3, -0.25) is 4.79 Å². The summed E-state index contributed by atoms with van der Waals surface area (Å²) >= 11 is 5.75. The maximum Gasteiger partial charge on any atom is 0.277 e. The predicted octanol–water partition coefficient (Wildman–Crippen LogP) is 2.21. The number of ether oxygens (including phenoxy) is 1. The summed E-state index contributed by atoms with van der Waals surface area (Å²) in [5, 5.41) is 4.47. The summed E-state index contributed by atoms with van der Waals surface area (Å²) in [6, 6.07) is 10.6. The van der Waals surface area contributed by atoms with Crippen LogP contribution < -0.4 is 10.2 Å². The van der Waals surface area contributed by atoms with Gasteiger partial charge in [0, 0.05) is 18.3 Å². The molecule has 20 heavy (non-hydrogen) atoms. The maximum atomic E-state index is 11.5. The van der Waals surface area contributed by atoms with E-state index in [0.29, 0.717) is 10.8 Å². The number of nitrogens with zero attached hydrogens (tertiary/aromatic N) is 2. The van der Waals surface area contributed by atoms with Crippen LogP contribution in [0.25, 0.3) is 0 Å². The van der Waals surface area contributed by atoms with E-state index in [0.717, 1.165) is 5.69 Å². The van der Waals surface area contributed by atoms with Crippen LogP contribution in [0.1, 0.15) is 5.69 Å². The number of aryl methyl sites for hydroxylation is 1. The molecule has 0 saturated carbocycles. The van der Waals surface area contributed by atoms with Crippen molar-refractivity contribution >= 4 is 23.7 Å². The van der Waals surface area contributed by atoms with Crippen LogP contribution in [0.3, 0.4) is 0 Å². The highest BCUT2D eigenvalue weighted by molar-refractivity contribution is 6.30. The van der Waals surface area contributed by atoms with Crippen LogP contribution in [0, 0.1) is 0 Å². The first-order chi connectivity index (χ1) is 9.65. The Bertz CT molecular complexity index is 605. The number of rotatable bonds is 5. The molecule has 0 radical (unpaired) electrons. The number of amides is 1. The van der Waals surface area contributed by atoms with Crippen molar-refractivity contribution in [2.24, 2.45) is 12.1 Å². The number of hydrogen-bond acceptors (Lipinski definition) is 3. The Kier molecular flexibility index (Phi) is 4.79. The zero-order valence-corrected chi connectivity index (χ0v) is 11.7. The van der Waals surface area contributed by atoms with Crippen LogP contribution in [0.15, 0.2) is 47.7 Å². The van der Waals surface area contributed by atoms with Crippen LogP contribution in [0.4, 0.5) is 0 Å². The van der Waals surface area contributed by atoms with Gasteiger partial charge in [0.05, 0.1) is 11.9 Å². The minimum atomic E-state index is -0.328. The third-order valence-electron chi connectivity index (χ3n) is 2.55. The number of benzene rings is 1. The smallest absolute Gasteiger partial charge is 0.277 e. The molecular weight excluding hydrogens is 278 g/mol. The van der Waals surface area contributed by atoms with E-state index in [1.807, 2.05) is 29.9 Å². The van der Waals surface area contributed by atoms with Crippen molar-refractivity contribution < 1.29 is 9.53 Å². The van der Waals surface area contributed by atoms with Crippen LogP contribution in [0.2, 0.25) is 5.02 Å². The molecule has 1 heterocycles. The number of hydrazone groups is 1. The molecule has 6 heteroatoms. The lowest BCUT2D eigenvalue weighted by Gasteiger charge is -2.04. The van der Waals surface area contributed by atoms with Gasteiger partial charge in [0.15, 0.2) is 6.61 Å².